The van der Waals surface area contributed by atoms with Crippen molar-refractivity contribution in [3.8, 4) is 0 Å². The summed E-state index contributed by atoms with van der Waals surface area (Å²) in [6.45, 7) is 3.85. The zero-order valence-corrected chi connectivity index (χ0v) is 17.4. The molecule has 3 aromatic rings. The van der Waals surface area contributed by atoms with Gasteiger partial charge in [0.25, 0.3) is 0 Å². The van der Waals surface area contributed by atoms with Crippen LogP contribution in [0.5, 0.6) is 0 Å². The summed E-state index contributed by atoms with van der Waals surface area (Å²) in [6, 6.07) is 15.2. The molecule has 0 atom stereocenters. The van der Waals surface area contributed by atoms with Gasteiger partial charge < -0.3 is 5.32 Å². The summed E-state index contributed by atoms with van der Waals surface area (Å²) in [5.41, 5.74) is 5.35. The lowest BCUT2D eigenvalue weighted by molar-refractivity contribution is -0.116. The summed E-state index contributed by atoms with van der Waals surface area (Å²) in [6.07, 6.45) is 2.13. The normalized spacial score (nSPS) is 13.0. The Bertz CT molecular complexity index is 1210. The van der Waals surface area contributed by atoms with Crippen molar-refractivity contribution in [3.05, 3.63) is 70.8 Å². The first kappa shape index (κ1) is 19.6. The molecule has 1 aliphatic rings. The van der Waals surface area contributed by atoms with Crippen LogP contribution in [0.25, 0.3) is 10.8 Å². The van der Waals surface area contributed by atoms with E-state index in [-0.39, 0.29) is 23.8 Å². The van der Waals surface area contributed by atoms with E-state index in [0.717, 1.165) is 35.0 Å². The van der Waals surface area contributed by atoms with E-state index >= 15 is 0 Å². The van der Waals surface area contributed by atoms with Gasteiger partial charge in [-0.05, 0) is 72.5 Å². The molecule has 6 heteroatoms. The van der Waals surface area contributed by atoms with Gasteiger partial charge in [0.15, 0.2) is 0 Å². The molecule has 0 spiro atoms. The molecule has 0 radical (unpaired) electrons. The molecule has 0 heterocycles. The lowest BCUT2D eigenvalue weighted by Crippen LogP contribution is -2.28. The van der Waals surface area contributed by atoms with Gasteiger partial charge >= 0.3 is 0 Å². The van der Waals surface area contributed by atoms with E-state index in [2.05, 4.69) is 22.2 Å². The summed E-state index contributed by atoms with van der Waals surface area (Å²) >= 11 is 0. The lowest BCUT2D eigenvalue weighted by Gasteiger charge is -2.11. The van der Waals surface area contributed by atoms with Gasteiger partial charge in [-0.1, -0.05) is 30.3 Å². The van der Waals surface area contributed by atoms with Gasteiger partial charge in [-0.25, -0.2) is 13.1 Å². The van der Waals surface area contributed by atoms with E-state index in [1.807, 2.05) is 32.0 Å². The van der Waals surface area contributed by atoms with Crippen LogP contribution >= 0.6 is 0 Å². The van der Waals surface area contributed by atoms with Crippen LogP contribution in [0.2, 0.25) is 0 Å². The Morgan fingerprint density at radius 3 is 2.48 bits per heavy atom. The standard InChI is InChI=1S/C23H24N2O3S/c1-15-6-10-19(14-16(15)2)29(27,28)24-13-12-22(26)25-21-11-9-18-8-7-17-4-3-5-20(21)23(17)18/h3-6,9-11,14,24H,7-8,12-13H2,1-2H3,(H,25,26). The van der Waals surface area contributed by atoms with Gasteiger partial charge in [-0.3, -0.25) is 4.79 Å². The predicted molar refractivity (Wildman–Crippen MR) is 116 cm³/mol. The predicted octanol–water partition coefficient (Wildman–Crippen LogP) is 3.86. The van der Waals surface area contributed by atoms with Crippen LogP contribution in [0, 0.1) is 13.8 Å². The third-order valence-corrected chi connectivity index (χ3v) is 7.04. The summed E-state index contributed by atoms with van der Waals surface area (Å²) in [4.78, 5) is 12.6. The Balaban J connectivity index is 1.41. The second-order valence-electron chi connectivity index (χ2n) is 7.55. The number of carbonyl (C=O) groups is 1. The van der Waals surface area contributed by atoms with Gasteiger partial charge in [0, 0.05) is 24.0 Å². The number of rotatable bonds is 6. The third kappa shape index (κ3) is 3.91. The molecule has 4 rings (SSSR count). The van der Waals surface area contributed by atoms with Gasteiger partial charge in [0.1, 0.15) is 0 Å². The maximum Gasteiger partial charge on any atom is 0.240 e. The van der Waals surface area contributed by atoms with E-state index in [1.54, 1.807) is 18.2 Å². The van der Waals surface area contributed by atoms with Crippen molar-refractivity contribution >= 4 is 32.4 Å². The van der Waals surface area contributed by atoms with Crippen LogP contribution in [-0.4, -0.2) is 20.9 Å². The third-order valence-electron chi connectivity index (χ3n) is 5.58. The van der Waals surface area contributed by atoms with Crippen LogP contribution in [0.1, 0.15) is 28.7 Å². The molecular formula is C23H24N2O3S. The van der Waals surface area contributed by atoms with Crippen LogP contribution in [0.3, 0.4) is 0 Å². The molecule has 0 saturated heterocycles. The molecule has 3 aromatic carbocycles. The largest absolute Gasteiger partial charge is 0.325 e. The first-order valence-electron chi connectivity index (χ1n) is 9.75. The van der Waals surface area contributed by atoms with Crippen LogP contribution in [-0.2, 0) is 27.7 Å². The monoisotopic (exact) mass is 408 g/mol. The summed E-state index contributed by atoms with van der Waals surface area (Å²) in [7, 11) is -3.64. The molecule has 0 aliphatic heterocycles. The van der Waals surface area contributed by atoms with Crippen molar-refractivity contribution in [1.82, 2.24) is 4.72 Å². The maximum atomic E-state index is 12.4. The fourth-order valence-electron chi connectivity index (χ4n) is 3.83. The smallest absolute Gasteiger partial charge is 0.240 e. The Morgan fingerprint density at radius 1 is 0.966 bits per heavy atom. The zero-order chi connectivity index (χ0) is 20.6. The topological polar surface area (TPSA) is 75.3 Å². The SMILES string of the molecule is Cc1ccc(S(=O)(=O)NCCC(=O)Nc2ccc3c4c(cccc24)CC3)cc1C. The minimum atomic E-state index is -3.64. The van der Waals surface area contributed by atoms with Crippen molar-refractivity contribution < 1.29 is 13.2 Å². The second kappa shape index (κ2) is 7.61. The number of hydrogen-bond donors (Lipinski definition) is 2. The second-order valence-corrected chi connectivity index (χ2v) is 9.32. The minimum Gasteiger partial charge on any atom is -0.325 e. The molecule has 150 valence electrons. The highest BCUT2D eigenvalue weighted by atomic mass is 32.2. The van der Waals surface area contributed by atoms with E-state index in [1.165, 1.54) is 16.5 Å². The number of carbonyl (C=O) groups excluding carboxylic acids is 1. The highest BCUT2D eigenvalue weighted by molar-refractivity contribution is 7.89. The number of aryl methyl sites for hydroxylation is 4. The van der Waals surface area contributed by atoms with Crippen molar-refractivity contribution in [2.75, 3.05) is 11.9 Å². The molecular weight excluding hydrogens is 384 g/mol. The number of hydrogen-bond acceptors (Lipinski definition) is 3. The molecule has 0 aromatic heterocycles. The highest BCUT2D eigenvalue weighted by Gasteiger charge is 2.18. The average Bonchev–Trinajstić information content (AvgIpc) is 3.11. The Morgan fingerprint density at radius 2 is 1.72 bits per heavy atom. The summed E-state index contributed by atoms with van der Waals surface area (Å²) in [5, 5.41) is 5.22. The lowest BCUT2D eigenvalue weighted by atomic mass is 10.0. The highest BCUT2D eigenvalue weighted by Crippen LogP contribution is 2.35. The van der Waals surface area contributed by atoms with E-state index in [4.69, 9.17) is 0 Å². The summed E-state index contributed by atoms with van der Waals surface area (Å²) < 4.78 is 27.4. The van der Waals surface area contributed by atoms with E-state index in [0.29, 0.717) is 0 Å². The molecule has 0 unspecified atom stereocenters. The molecule has 1 aliphatic carbocycles. The quantitative estimate of drug-likeness (QED) is 0.650. The first-order chi connectivity index (χ1) is 13.8. The fourth-order valence-corrected chi connectivity index (χ4v) is 4.95. The number of benzene rings is 3. The number of nitrogens with one attached hydrogen (secondary N) is 2. The van der Waals surface area contributed by atoms with Gasteiger partial charge in [-0.2, -0.15) is 0 Å². The Kier molecular flexibility index (Phi) is 5.15. The molecule has 0 fully saturated rings. The Labute approximate surface area is 171 Å². The fraction of sp³-hybridized carbons (Fsp3) is 0.261. The van der Waals surface area contributed by atoms with Crippen molar-refractivity contribution in [1.29, 1.82) is 0 Å². The molecule has 2 N–H and O–H groups in total. The summed E-state index contributed by atoms with van der Waals surface area (Å²) in [5.74, 6) is -0.216. The van der Waals surface area contributed by atoms with Crippen molar-refractivity contribution in [3.63, 3.8) is 0 Å². The average molecular weight is 409 g/mol. The van der Waals surface area contributed by atoms with Gasteiger partial charge in [-0.15, -0.1) is 0 Å². The minimum absolute atomic E-state index is 0.0440. The van der Waals surface area contributed by atoms with Gasteiger partial charge in [0.2, 0.25) is 15.9 Å². The molecule has 1 amide bonds. The zero-order valence-electron chi connectivity index (χ0n) is 16.6. The Hall–Kier alpha value is -2.70. The van der Waals surface area contributed by atoms with Crippen LogP contribution < -0.4 is 10.0 Å². The molecule has 0 saturated carbocycles. The first-order valence-corrected chi connectivity index (χ1v) is 11.2. The van der Waals surface area contributed by atoms with Crippen LogP contribution in [0.4, 0.5) is 5.69 Å². The number of anilines is 1. The van der Waals surface area contributed by atoms with Crippen molar-refractivity contribution in [2.24, 2.45) is 0 Å². The number of amides is 1. The van der Waals surface area contributed by atoms with Crippen LogP contribution in [0.15, 0.2) is 53.4 Å². The van der Waals surface area contributed by atoms with E-state index in [9.17, 15) is 13.2 Å². The van der Waals surface area contributed by atoms with Gasteiger partial charge in [0.05, 0.1) is 4.90 Å². The van der Waals surface area contributed by atoms with Crippen molar-refractivity contribution in [2.45, 2.75) is 38.0 Å². The molecule has 29 heavy (non-hydrogen) atoms. The molecule has 0 bridgehead atoms. The maximum absolute atomic E-state index is 12.4. The molecule has 5 nitrogen and oxygen atoms in total. The number of sulfonamides is 1. The van der Waals surface area contributed by atoms with E-state index < -0.39 is 10.0 Å².